The van der Waals surface area contributed by atoms with Crippen LogP contribution in [0.1, 0.15) is 5.56 Å². The average molecular weight is 371 g/mol. The van der Waals surface area contributed by atoms with Crippen molar-refractivity contribution in [1.82, 2.24) is 4.90 Å². The van der Waals surface area contributed by atoms with Gasteiger partial charge in [0.15, 0.2) is 0 Å². The fraction of sp³-hybridized carbons (Fsp3) is 0.412. The number of furan rings is 1. The first-order chi connectivity index (χ1) is 12.2. The molecule has 2 atom stereocenters. The molecule has 3 rings (SSSR count). The van der Waals surface area contributed by atoms with Gasteiger partial charge in [0.25, 0.3) is 0 Å². The monoisotopic (exact) mass is 371 g/mol. The molecule has 6 nitrogen and oxygen atoms in total. The van der Waals surface area contributed by atoms with Crippen LogP contribution in [0.2, 0.25) is 0 Å². The van der Waals surface area contributed by atoms with E-state index < -0.39 is 43.0 Å². The molecule has 0 unspecified atom stereocenters. The minimum Gasteiger partial charge on any atom is -0.497 e. The first kappa shape index (κ1) is 18.1. The van der Waals surface area contributed by atoms with Gasteiger partial charge in [0.1, 0.15) is 11.3 Å². The molecule has 1 N–H and O–H groups in total. The van der Waals surface area contributed by atoms with Gasteiger partial charge in [-0.3, -0.25) is 9.59 Å². The number of amides is 1. The maximum Gasteiger partial charge on any atom is 0.394 e. The Kier molecular flexibility index (Phi) is 4.55. The summed E-state index contributed by atoms with van der Waals surface area (Å²) in [4.78, 5) is 24.5. The summed E-state index contributed by atoms with van der Waals surface area (Å²) in [6.07, 6.45) is -3.47. The van der Waals surface area contributed by atoms with Gasteiger partial charge in [-0.15, -0.1) is 0 Å². The smallest absolute Gasteiger partial charge is 0.394 e. The summed E-state index contributed by atoms with van der Waals surface area (Å²) in [7, 11) is 1.50. The number of rotatable bonds is 4. The van der Waals surface area contributed by atoms with E-state index in [1.807, 2.05) is 0 Å². The Morgan fingerprint density at radius 2 is 2.08 bits per heavy atom. The highest BCUT2D eigenvalue weighted by atomic mass is 19.4. The normalized spacial score (nSPS) is 20.5. The third kappa shape index (κ3) is 3.33. The number of carboxylic acids is 1. The quantitative estimate of drug-likeness (QED) is 0.894. The van der Waals surface area contributed by atoms with Gasteiger partial charge in [-0.2, -0.15) is 13.2 Å². The molecule has 1 amide bonds. The van der Waals surface area contributed by atoms with E-state index in [2.05, 4.69) is 0 Å². The van der Waals surface area contributed by atoms with Gasteiger partial charge in [-0.1, -0.05) is 0 Å². The Bertz CT molecular complexity index is 845. The lowest BCUT2D eigenvalue weighted by atomic mass is 9.96. The van der Waals surface area contributed by atoms with E-state index >= 15 is 0 Å². The number of likely N-dealkylation sites (tertiary alicyclic amines) is 1. The maximum absolute atomic E-state index is 13.0. The van der Waals surface area contributed by atoms with Crippen molar-refractivity contribution in [3.63, 3.8) is 0 Å². The standard InChI is InChI=1S/C17H16F3NO5/c1-25-10-2-3-11-9(8-26-14(11)5-10)4-15(22)21-6-12(16(23)24)13(7-21)17(18,19)20/h2-3,5,8,12-13H,4,6-7H2,1H3,(H,23,24)/t12-,13-/m1/s1. The topological polar surface area (TPSA) is 80.0 Å². The van der Waals surface area contributed by atoms with Gasteiger partial charge < -0.3 is 19.2 Å². The lowest BCUT2D eigenvalue weighted by Gasteiger charge is -2.18. The molecule has 0 spiro atoms. The predicted molar refractivity (Wildman–Crippen MR) is 83.7 cm³/mol. The number of carbonyl (C=O) groups excluding carboxylic acids is 1. The Hall–Kier alpha value is -2.71. The summed E-state index contributed by atoms with van der Waals surface area (Å²) in [6, 6.07) is 5.02. The van der Waals surface area contributed by atoms with Crippen molar-refractivity contribution in [3.05, 3.63) is 30.0 Å². The number of carbonyl (C=O) groups is 2. The number of carboxylic acid groups (broad SMARTS) is 1. The highest BCUT2D eigenvalue weighted by Crippen LogP contribution is 2.38. The zero-order valence-corrected chi connectivity index (χ0v) is 13.7. The van der Waals surface area contributed by atoms with E-state index in [1.165, 1.54) is 13.4 Å². The molecule has 0 aliphatic carbocycles. The Labute approximate surface area is 146 Å². The molecule has 0 saturated carbocycles. The first-order valence-electron chi connectivity index (χ1n) is 7.82. The van der Waals surface area contributed by atoms with Crippen LogP contribution in [0.4, 0.5) is 13.2 Å². The minimum absolute atomic E-state index is 0.170. The zero-order chi connectivity index (χ0) is 19.1. The van der Waals surface area contributed by atoms with Crippen LogP contribution in [-0.4, -0.2) is 48.3 Å². The Morgan fingerprint density at radius 1 is 1.35 bits per heavy atom. The summed E-state index contributed by atoms with van der Waals surface area (Å²) in [5, 5.41) is 9.68. The van der Waals surface area contributed by atoms with E-state index in [9.17, 15) is 22.8 Å². The van der Waals surface area contributed by atoms with E-state index in [-0.39, 0.29) is 6.42 Å². The number of methoxy groups -OCH3 is 1. The molecule has 1 aromatic carbocycles. The van der Waals surface area contributed by atoms with Gasteiger partial charge >= 0.3 is 12.1 Å². The number of ether oxygens (including phenoxy) is 1. The molecule has 1 aliphatic heterocycles. The van der Waals surface area contributed by atoms with Crippen LogP contribution in [-0.2, 0) is 16.0 Å². The molecule has 2 heterocycles. The van der Waals surface area contributed by atoms with Crippen LogP contribution in [0.3, 0.4) is 0 Å². The van der Waals surface area contributed by atoms with Crippen LogP contribution in [0, 0.1) is 11.8 Å². The van der Waals surface area contributed by atoms with Crippen LogP contribution in [0.25, 0.3) is 11.0 Å². The van der Waals surface area contributed by atoms with Gasteiger partial charge in [0.05, 0.1) is 31.6 Å². The third-order valence-corrected chi connectivity index (χ3v) is 4.61. The van der Waals surface area contributed by atoms with Gasteiger partial charge in [0.2, 0.25) is 5.91 Å². The van der Waals surface area contributed by atoms with Gasteiger partial charge in [0, 0.05) is 30.1 Å². The highest BCUT2D eigenvalue weighted by molar-refractivity contribution is 5.88. The second-order valence-corrected chi connectivity index (χ2v) is 6.19. The molecule has 9 heteroatoms. The van der Waals surface area contributed by atoms with E-state index in [0.717, 1.165) is 4.90 Å². The van der Waals surface area contributed by atoms with E-state index in [0.29, 0.717) is 22.3 Å². The molecule has 0 bridgehead atoms. The molecular weight excluding hydrogens is 355 g/mol. The minimum atomic E-state index is -4.67. The second kappa shape index (κ2) is 6.54. The van der Waals surface area contributed by atoms with E-state index in [1.54, 1.807) is 18.2 Å². The summed E-state index contributed by atoms with van der Waals surface area (Å²) in [5.41, 5.74) is 1.01. The lowest BCUT2D eigenvalue weighted by Crippen LogP contribution is -2.34. The van der Waals surface area contributed by atoms with Gasteiger partial charge in [-0.05, 0) is 12.1 Å². The molecular formula is C17H16F3NO5. The molecule has 1 aromatic heterocycles. The highest BCUT2D eigenvalue weighted by Gasteiger charge is 2.53. The van der Waals surface area contributed by atoms with Crippen molar-refractivity contribution in [2.75, 3.05) is 20.2 Å². The Morgan fingerprint density at radius 3 is 2.65 bits per heavy atom. The van der Waals surface area contributed by atoms with Crippen molar-refractivity contribution in [3.8, 4) is 5.75 Å². The number of fused-ring (bicyclic) bond motifs is 1. The number of hydrogen-bond acceptors (Lipinski definition) is 4. The van der Waals surface area contributed by atoms with E-state index in [4.69, 9.17) is 14.3 Å². The SMILES string of the molecule is COc1ccc2c(CC(=O)N3C[C@@H](C(F)(F)F)[C@H](C(=O)O)C3)coc2c1. The molecule has 140 valence electrons. The number of nitrogens with zero attached hydrogens (tertiary/aromatic N) is 1. The van der Waals surface area contributed by atoms with Crippen LogP contribution >= 0.6 is 0 Å². The predicted octanol–water partition coefficient (Wildman–Crippen LogP) is 2.71. The maximum atomic E-state index is 13.0. The van der Waals surface area contributed by atoms with Crippen molar-refractivity contribution >= 4 is 22.8 Å². The van der Waals surface area contributed by atoms with Crippen molar-refractivity contribution in [1.29, 1.82) is 0 Å². The average Bonchev–Trinajstić information content (AvgIpc) is 3.18. The molecule has 1 aliphatic rings. The third-order valence-electron chi connectivity index (χ3n) is 4.61. The number of halogens is 3. The summed E-state index contributed by atoms with van der Waals surface area (Å²) >= 11 is 0. The largest absolute Gasteiger partial charge is 0.497 e. The number of benzene rings is 1. The molecule has 0 radical (unpaired) electrons. The molecule has 26 heavy (non-hydrogen) atoms. The zero-order valence-electron chi connectivity index (χ0n) is 13.7. The van der Waals surface area contributed by atoms with Crippen molar-refractivity contribution in [2.24, 2.45) is 11.8 Å². The summed E-state index contributed by atoms with van der Waals surface area (Å²) < 4.78 is 49.5. The Balaban J connectivity index is 1.77. The van der Waals surface area contributed by atoms with Crippen LogP contribution < -0.4 is 4.74 Å². The lowest BCUT2D eigenvalue weighted by molar-refractivity contribution is -0.188. The summed E-state index contributed by atoms with van der Waals surface area (Å²) in [6.45, 7) is -1.11. The van der Waals surface area contributed by atoms with Crippen LogP contribution in [0.15, 0.2) is 28.9 Å². The fourth-order valence-electron chi connectivity index (χ4n) is 3.19. The first-order valence-corrected chi connectivity index (χ1v) is 7.82. The molecule has 2 aromatic rings. The number of alkyl halides is 3. The fourth-order valence-corrected chi connectivity index (χ4v) is 3.19. The summed E-state index contributed by atoms with van der Waals surface area (Å²) in [5.74, 6) is -5.26. The molecule has 1 fully saturated rings. The number of hydrogen-bond donors (Lipinski definition) is 1. The number of aliphatic carboxylic acids is 1. The van der Waals surface area contributed by atoms with Crippen molar-refractivity contribution < 1.29 is 37.0 Å². The van der Waals surface area contributed by atoms with Gasteiger partial charge in [-0.25, -0.2) is 0 Å². The van der Waals surface area contributed by atoms with Crippen LogP contribution in [0.5, 0.6) is 5.75 Å². The molecule has 1 saturated heterocycles. The van der Waals surface area contributed by atoms with Crippen molar-refractivity contribution in [2.45, 2.75) is 12.6 Å². The second-order valence-electron chi connectivity index (χ2n) is 6.19.